The zero-order chi connectivity index (χ0) is 40.1. The molecular weight excluding hydrogens is 734 g/mol. The maximum absolute atomic E-state index is 13.5. The van der Waals surface area contributed by atoms with Gasteiger partial charge in [-0.2, -0.15) is 0 Å². The van der Waals surface area contributed by atoms with Crippen LogP contribution < -0.4 is 16.0 Å². The molecule has 1 aliphatic rings. The van der Waals surface area contributed by atoms with Crippen molar-refractivity contribution in [1.29, 1.82) is 0 Å². The summed E-state index contributed by atoms with van der Waals surface area (Å²) in [5.41, 5.74) is 0.504. The molecule has 5 atom stereocenters. The minimum atomic E-state index is -2.54. The molecule has 1 saturated heterocycles. The molecule has 0 spiro atoms. The number of hydrogen-bond donors (Lipinski definition) is 1. The average Bonchev–Trinajstić information content (AvgIpc) is 3.46. The van der Waals surface area contributed by atoms with E-state index >= 15 is 0 Å². The standard InChI is InChI=1S/C42H58N3O8PSi/c1-29(2)45(30(3)4)54(49-9)52-38-37(53-55(10,11)41(5,6)7)35(51-39(38)44-27-26-36(46)43-40(44)47)28-50-42(31-18-14-12-15-19-31,32-20-16-13-17-21-32)33-22-24-34(48-8)25-23-33/h12-27,29-30,35,37-39H,28H2,1-11H3,(H,43,46,47)/t35-,37-,38-,39-,54?/m1/s1. The van der Waals surface area contributed by atoms with E-state index in [9.17, 15) is 9.59 Å². The lowest BCUT2D eigenvalue weighted by atomic mass is 9.80. The van der Waals surface area contributed by atoms with Gasteiger partial charge in [-0.25, -0.2) is 9.46 Å². The first-order valence-corrected chi connectivity index (χ1v) is 22.9. The van der Waals surface area contributed by atoms with Crippen LogP contribution in [0.15, 0.2) is 107 Å². The molecule has 11 nitrogen and oxygen atoms in total. The van der Waals surface area contributed by atoms with E-state index in [2.05, 4.69) is 95.5 Å². The Morgan fingerprint density at radius 1 is 0.818 bits per heavy atom. The van der Waals surface area contributed by atoms with E-state index in [1.165, 1.54) is 16.8 Å². The Morgan fingerprint density at radius 2 is 1.36 bits per heavy atom. The third-order valence-corrected chi connectivity index (χ3v) is 17.1. The summed E-state index contributed by atoms with van der Waals surface area (Å²) in [6, 6.07) is 29.6. The van der Waals surface area contributed by atoms with E-state index in [1.807, 2.05) is 60.7 Å². The van der Waals surface area contributed by atoms with Crippen LogP contribution in [0.2, 0.25) is 18.1 Å². The monoisotopic (exact) mass is 791 g/mol. The molecule has 0 amide bonds. The van der Waals surface area contributed by atoms with Crippen LogP contribution in [0.1, 0.15) is 71.4 Å². The SMILES string of the molecule is COc1ccc(C(OC[C@H]2O[C@@H](n3ccc(=O)[nH]c3=O)[C@H](OP(OC)N(C(C)C)C(C)C)[C@@H]2O[Si](C)(C)C(C)(C)C)(c2ccccc2)c2ccccc2)cc1. The molecule has 1 fully saturated rings. The molecule has 5 rings (SSSR count). The third kappa shape index (κ3) is 9.24. The van der Waals surface area contributed by atoms with E-state index < -0.39 is 58.2 Å². The van der Waals surface area contributed by atoms with Gasteiger partial charge in [-0.1, -0.05) is 93.6 Å². The van der Waals surface area contributed by atoms with Crippen LogP contribution in [-0.4, -0.2) is 73.8 Å². The van der Waals surface area contributed by atoms with Crippen molar-refractivity contribution in [3.63, 3.8) is 0 Å². The highest BCUT2D eigenvalue weighted by Crippen LogP contribution is 2.52. The second kappa shape index (κ2) is 17.8. The number of methoxy groups -OCH3 is 1. The Balaban J connectivity index is 1.69. The number of benzene rings is 3. The van der Waals surface area contributed by atoms with Gasteiger partial charge in [0.15, 0.2) is 14.5 Å². The van der Waals surface area contributed by atoms with Crippen LogP contribution in [0.4, 0.5) is 0 Å². The van der Waals surface area contributed by atoms with Crippen molar-refractivity contribution in [2.75, 3.05) is 20.8 Å². The highest BCUT2D eigenvalue weighted by atomic mass is 31.2. The molecule has 0 aliphatic carbocycles. The summed E-state index contributed by atoms with van der Waals surface area (Å²) in [4.78, 5) is 28.2. The molecule has 13 heteroatoms. The van der Waals surface area contributed by atoms with Gasteiger partial charge in [-0.15, -0.1) is 0 Å². The summed E-state index contributed by atoms with van der Waals surface area (Å²) in [6.45, 7) is 19.3. The molecule has 0 radical (unpaired) electrons. The molecule has 0 saturated carbocycles. The van der Waals surface area contributed by atoms with Gasteiger partial charge in [-0.3, -0.25) is 14.3 Å². The third-order valence-electron chi connectivity index (χ3n) is 10.6. The summed E-state index contributed by atoms with van der Waals surface area (Å²) in [7, 11) is -0.916. The molecule has 1 aromatic heterocycles. The van der Waals surface area contributed by atoms with Gasteiger partial charge < -0.3 is 27.7 Å². The van der Waals surface area contributed by atoms with Crippen molar-refractivity contribution in [2.24, 2.45) is 0 Å². The Morgan fingerprint density at radius 3 is 1.84 bits per heavy atom. The van der Waals surface area contributed by atoms with Crippen LogP contribution in [0, 0.1) is 0 Å². The summed E-state index contributed by atoms with van der Waals surface area (Å²) in [5.74, 6) is 0.724. The number of nitrogens with one attached hydrogen (secondary N) is 1. The molecule has 298 valence electrons. The predicted octanol–water partition coefficient (Wildman–Crippen LogP) is 8.22. The van der Waals surface area contributed by atoms with E-state index in [0.717, 1.165) is 22.4 Å². The first-order chi connectivity index (χ1) is 26.0. The Bertz CT molecular complexity index is 1890. The molecule has 4 aromatic rings. The maximum Gasteiger partial charge on any atom is 0.330 e. The number of aromatic amines is 1. The van der Waals surface area contributed by atoms with Crippen LogP contribution in [-0.2, 0) is 28.5 Å². The molecule has 1 N–H and O–H groups in total. The van der Waals surface area contributed by atoms with Gasteiger partial charge in [-0.05, 0) is 74.7 Å². The van der Waals surface area contributed by atoms with Crippen LogP contribution in [0.3, 0.4) is 0 Å². The number of nitrogens with zero attached hydrogens (tertiary/aromatic N) is 2. The van der Waals surface area contributed by atoms with Gasteiger partial charge in [0.1, 0.15) is 29.7 Å². The molecular formula is C42H58N3O8PSi. The molecule has 2 heterocycles. The minimum absolute atomic E-state index is 0.0482. The largest absolute Gasteiger partial charge is 0.497 e. The lowest BCUT2D eigenvalue weighted by Gasteiger charge is -2.42. The summed E-state index contributed by atoms with van der Waals surface area (Å²) in [6.07, 6.45) is -1.80. The summed E-state index contributed by atoms with van der Waals surface area (Å²) < 4.78 is 43.8. The van der Waals surface area contributed by atoms with Gasteiger partial charge in [0.2, 0.25) is 0 Å². The lowest BCUT2D eigenvalue weighted by molar-refractivity contribution is -0.0944. The Labute approximate surface area is 328 Å². The second-order valence-electron chi connectivity index (χ2n) is 15.9. The fourth-order valence-electron chi connectivity index (χ4n) is 6.86. The first-order valence-electron chi connectivity index (χ1n) is 18.9. The highest BCUT2D eigenvalue weighted by molar-refractivity contribution is 7.44. The minimum Gasteiger partial charge on any atom is -0.497 e. The second-order valence-corrected chi connectivity index (χ2v) is 22.2. The fraction of sp³-hybridized carbons (Fsp3) is 0.476. The smallest absolute Gasteiger partial charge is 0.330 e. The summed E-state index contributed by atoms with van der Waals surface area (Å²) >= 11 is 0. The van der Waals surface area contributed by atoms with Gasteiger partial charge in [0.25, 0.3) is 14.1 Å². The van der Waals surface area contributed by atoms with E-state index in [1.54, 1.807) is 14.2 Å². The van der Waals surface area contributed by atoms with E-state index in [0.29, 0.717) is 0 Å². The number of hydrogen-bond acceptors (Lipinski definition) is 9. The number of rotatable bonds is 16. The van der Waals surface area contributed by atoms with Gasteiger partial charge in [0.05, 0.1) is 13.7 Å². The molecule has 0 bridgehead atoms. The zero-order valence-corrected chi connectivity index (χ0v) is 35.9. The zero-order valence-electron chi connectivity index (χ0n) is 34.0. The molecule has 3 aromatic carbocycles. The molecule has 1 unspecified atom stereocenters. The van der Waals surface area contributed by atoms with Crippen molar-refractivity contribution in [2.45, 2.75) is 109 Å². The van der Waals surface area contributed by atoms with Crippen molar-refractivity contribution in [3.05, 3.63) is 135 Å². The normalized spacial score (nSPS) is 20.0. The van der Waals surface area contributed by atoms with Gasteiger partial charge in [0, 0.05) is 31.5 Å². The van der Waals surface area contributed by atoms with Crippen LogP contribution >= 0.6 is 8.53 Å². The molecule has 1 aliphatic heterocycles. The van der Waals surface area contributed by atoms with Crippen molar-refractivity contribution in [3.8, 4) is 5.75 Å². The van der Waals surface area contributed by atoms with Gasteiger partial charge >= 0.3 is 5.69 Å². The van der Waals surface area contributed by atoms with Crippen molar-refractivity contribution in [1.82, 2.24) is 14.2 Å². The van der Waals surface area contributed by atoms with Crippen molar-refractivity contribution >= 4 is 16.8 Å². The molecule has 55 heavy (non-hydrogen) atoms. The Kier molecular flexibility index (Phi) is 13.8. The van der Waals surface area contributed by atoms with Crippen LogP contribution in [0.25, 0.3) is 0 Å². The first kappa shape index (κ1) is 42.7. The Hall–Kier alpha value is -3.45. The topological polar surface area (TPSA) is 113 Å². The summed E-state index contributed by atoms with van der Waals surface area (Å²) in [5, 5.41) is -0.176. The number of H-pyrrole nitrogens is 1. The number of aromatic nitrogens is 2. The van der Waals surface area contributed by atoms with E-state index in [-0.39, 0.29) is 23.7 Å². The average molecular weight is 792 g/mol. The van der Waals surface area contributed by atoms with Crippen LogP contribution in [0.5, 0.6) is 5.75 Å². The fourth-order valence-corrected chi connectivity index (χ4v) is 9.75. The lowest BCUT2D eigenvalue weighted by Crippen LogP contribution is -2.51. The van der Waals surface area contributed by atoms with Crippen molar-refractivity contribution < 1.29 is 27.7 Å². The highest BCUT2D eigenvalue weighted by Gasteiger charge is 2.54. The quantitative estimate of drug-likeness (QED) is 0.0682. The maximum atomic E-state index is 13.5. The number of ether oxygens (including phenoxy) is 3. The predicted molar refractivity (Wildman–Crippen MR) is 220 cm³/mol. The van der Waals surface area contributed by atoms with E-state index in [4.69, 9.17) is 27.7 Å².